The molecule has 0 atom stereocenters. The predicted octanol–water partition coefficient (Wildman–Crippen LogP) is 5.12. The van der Waals surface area contributed by atoms with Crippen LogP contribution >= 0.6 is 23.2 Å². The van der Waals surface area contributed by atoms with E-state index in [9.17, 15) is 4.39 Å². The molecule has 0 N–H and O–H groups in total. The average Bonchev–Trinajstić information content (AvgIpc) is 2.85. The van der Waals surface area contributed by atoms with E-state index in [4.69, 9.17) is 23.2 Å². The molecule has 0 aliphatic heterocycles. The van der Waals surface area contributed by atoms with Gasteiger partial charge in [-0.05, 0) is 30.2 Å². The molecule has 3 aromatic rings. The van der Waals surface area contributed by atoms with E-state index in [0.29, 0.717) is 11.3 Å². The Morgan fingerprint density at radius 3 is 2.76 bits per heavy atom. The van der Waals surface area contributed by atoms with Gasteiger partial charge in [-0.25, -0.2) is 9.37 Å². The van der Waals surface area contributed by atoms with Crippen molar-refractivity contribution in [3.05, 3.63) is 58.6 Å². The third-order valence-electron chi connectivity index (χ3n) is 3.46. The first-order valence-electron chi connectivity index (χ1n) is 6.65. The highest BCUT2D eigenvalue weighted by Crippen LogP contribution is 2.27. The van der Waals surface area contributed by atoms with E-state index in [1.54, 1.807) is 6.07 Å². The lowest BCUT2D eigenvalue weighted by molar-refractivity contribution is 0.630. The van der Waals surface area contributed by atoms with E-state index in [1.165, 1.54) is 11.6 Å². The van der Waals surface area contributed by atoms with Crippen LogP contribution in [-0.4, -0.2) is 9.55 Å². The summed E-state index contributed by atoms with van der Waals surface area (Å²) in [5, 5.41) is 0.0800. The van der Waals surface area contributed by atoms with Crippen molar-refractivity contribution in [1.82, 2.24) is 9.55 Å². The fourth-order valence-corrected chi connectivity index (χ4v) is 2.75. The molecule has 21 heavy (non-hydrogen) atoms. The number of alkyl halides is 1. The Balaban J connectivity index is 2.31. The van der Waals surface area contributed by atoms with E-state index in [0.717, 1.165) is 17.6 Å². The molecule has 0 unspecified atom stereocenters. The summed E-state index contributed by atoms with van der Waals surface area (Å²) in [5.41, 5.74) is 3.47. The molecule has 0 saturated heterocycles. The summed E-state index contributed by atoms with van der Waals surface area (Å²) < 4.78 is 15.5. The fourth-order valence-electron chi connectivity index (χ4n) is 2.42. The Labute approximate surface area is 132 Å². The monoisotopic (exact) mass is 322 g/mol. The molecule has 5 heteroatoms. The third kappa shape index (κ3) is 2.52. The van der Waals surface area contributed by atoms with Crippen molar-refractivity contribution in [3.8, 4) is 5.69 Å². The highest BCUT2D eigenvalue weighted by molar-refractivity contribution is 6.31. The van der Waals surface area contributed by atoms with Crippen molar-refractivity contribution < 1.29 is 4.39 Å². The minimum absolute atomic E-state index is 0.0800. The molecule has 0 radical (unpaired) electrons. The van der Waals surface area contributed by atoms with E-state index >= 15 is 0 Å². The molecule has 0 aliphatic rings. The van der Waals surface area contributed by atoms with Crippen LogP contribution in [0, 0.1) is 5.82 Å². The number of hydrogen-bond acceptors (Lipinski definition) is 1. The van der Waals surface area contributed by atoms with Crippen molar-refractivity contribution in [2.45, 2.75) is 19.2 Å². The van der Waals surface area contributed by atoms with Crippen LogP contribution in [0.25, 0.3) is 16.7 Å². The van der Waals surface area contributed by atoms with Crippen LogP contribution in [0.5, 0.6) is 0 Å². The average molecular weight is 323 g/mol. The Morgan fingerprint density at radius 1 is 1.24 bits per heavy atom. The van der Waals surface area contributed by atoms with Crippen molar-refractivity contribution in [2.75, 3.05) is 0 Å². The highest BCUT2D eigenvalue weighted by atomic mass is 35.5. The minimum atomic E-state index is -0.475. The van der Waals surface area contributed by atoms with Gasteiger partial charge in [0, 0.05) is 11.8 Å². The molecule has 0 amide bonds. The van der Waals surface area contributed by atoms with Gasteiger partial charge in [-0.3, -0.25) is 4.57 Å². The van der Waals surface area contributed by atoms with Crippen molar-refractivity contribution in [3.63, 3.8) is 0 Å². The number of hydrogen-bond donors (Lipinski definition) is 0. The smallest absolute Gasteiger partial charge is 0.144 e. The predicted molar refractivity (Wildman–Crippen MR) is 85.0 cm³/mol. The Bertz CT molecular complexity index is 811. The normalized spacial score (nSPS) is 11.2. The first kappa shape index (κ1) is 14.4. The van der Waals surface area contributed by atoms with Crippen LogP contribution in [0.2, 0.25) is 5.02 Å². The number of aromatic nitrogens is 2. The van der Waals surface area contributed by atoms with E-state index in [1.807, 2.05) is 16.7 Å². The van der Waals surface area contributed by atoms with E-state index in [2.05, 4.69) is 24.0 Å². The fraction of sp³-hybridized carbons (Fsp3) is 0.188. The van der Waals surface area contributed by atoms with Gasteiger partial charge in [0.1, 0.15) is 11.6 Å². The van der Waals surface area contributed by atoms with Gasteiger partial charge in [0.2, 0.25) is 0 Å². The summed E-state index contributed by atoms with van der Waals surface area (Å²) in [6, 6.07) is 11.0. The maximum Gasteiger partial charge on any atom is 0.144 e. The number of aryl methyl sites for hydroxylation is 1. The van der Waals surface area contributed by atoms with Gasteiger partial charge in [-0.15, -0.1) is 11.6 Å². The molecule has 3 rings (SSSR count). The van der Waals surface area contributed by atoms with Gasteiger partial charge in [-0.1, -0.05) is 30.7 Å². The number of nitrogens with zero attached hydrogens (tertiary/aromatic N) is 2. The zero-order valence-corrected chi connectivity index (χ0v) is 12.9. The van der Waals surface area contributed by atoms with E-state index < -0.39 is 5.82 Å². The second-order valence-corrected chi connectivity index (χ2v) is 5.45. The Hall–Kier alpha value is -1.58. The molecular weight excluding hydrogens is 310 g/mol. The first-order valence-corrected chi connectivity index (χ1v) is 7.57. The summed E-state index contributed by atoms with van der Waals surface area (Å²) >= 11 is 11.9. The Kier molecular flexibility index (Phi) is 3.87. The number of rotatable bonds is 3. The highest BCUT2D eigenvalue weighted by Gasteiger charge is 2.14. The summed E-state index contributed by atoms with van der Waals surface area (Å²) in [6.07, 6.45) is 0.937. The summed E-state index contributed by atoms with van der Waals surface area (Å²) in [4.78, 5) is 4.40. The topological polar surface area (TPSA) is 17.8 Å². The zero-order chi connectivity index (χ0) is 15.0. The van der Waals surface area contributed by atoms with Gasteiger partial charge in [0.25, 0.3) is 0 Å². The number of benzene rings is 2. The second-order valence-electron chi connectivity index (χ2n) is 4.78. The van der Waals surface area contributed by atoms with Crippen LogP contribution in [-0.2, 0) is 12.3 Å². The lowest BCUT2D eigenvalue weighted by Gasteiger charge is -2.09. The SMILES string of the molecule is CCc1cccc(-n2c(CCl)nc3cc(F)c(Cl)cc32)c1. The van der Waals surface area contributed by atoms with Crippen LogP contribution < -0.4 is 0 Å². The van der Waals surface area contributed by atoms with Crippen molar-refractivity contribution >= 4 is 34.2 Å². The third-order valence-corrected chi connectivity index (χ3v) is 3.99. The quantitative estimate of drug-likeness (QED) is 0.612. The van der Waals surface area contributed by atoms with Gasteiger partial charge >= 0.3 is 0 Å². The molecular formula is C16H13Cl2FN2. The van der Waals surface area contributed by atoms with Crippen LogP contribution in [0.1, 0.15) is 18.3 Å². The van der Waals surface area contributed by atoms with Gasteiger partial charge in [0.05, 0.1) is 21.9 Å². The lowest BCUT2D eigenvalue weighted by Crippen LogP contribution is -2.00. The lowest BCUT2D eigenvalue weighted by atomic mass is 10.1. The second kappa shape index (κ2) is 5.66. The van der Waals surface area contributed by atoms with Gasteiger partial charge in [0.15, 0.2) is 0 Å². The Morgan fingerprint density at radius 2 is 2.05 bits per heavy atom. The summed E-state index contributed by atoms with van der Waals surface area (Å²) in [7, 11) is 0. The molecule has 0 bridgehead atoms. The maximum atomic E-state index is 13.6. The summed E-state index contributed by atoms with van der Waals surface area (Å²) in [5.74, 6) is 0.434. The standard InChI is InChI=1S/C16H13Cl2FN2/c1-2-10-4-3-5-11(6-10)21-15-7-12(18)13(19)8-14(15)20-16(21)9-17/h3-8H,2,9H2,1H3. The van der Waals surface area contributed by atoms with E-state index in [-0.39, 0.29) is 10.9 Å². The molecule has 1 aromatic heterocycles. The van der Waals surface area contributed by atoms with Gasteiger partial charge < -0.3 is 0 Å². The first-order chi connectivity index (χ1) is 10.1. The number of imidazole rings is 1. The van der Waals surface area contributed by atoms with Gasteiger partial charge in [-0.2, -0.15) is 0 Å². The molecule has 0 saturated carbocycles. The van der Waals surface area contributed by atoms with Crippen LogP contribution in [0.4, 0.5) is 4.39 Å². The molecule has 108 valence electrons. The molecule has 2 aromatic carbocycles. The van der Waals surface area contributed by atoms with Crippen molar-refractivity contribution in [2.24, 2.45) is 0 Å². The number of halogens is 3. The zero-order valence-electron chi connectivity index (χ0n) is 11.4. The van der Waals surface area contributed by atoms with Crippen LogP contribution in [0.3, 0.4) is 0 Å². The summed E-state index contributed by atoms with van der Waals surface area (Å²) in [6.45, 7) is 2.10. The molecule has 0 aliphatic carbocycles. The molecule has 0 fully saturated rings. The molecule has 0 spiro atoms. The largest absolute Gasteiger partial charge is 0.295 e. The minimum Gasteiger partial charge on any atom is -0.295 e. The van der Waals surface area contributed by atoms with Crippen molar-refractivity contribution in [1.29, 1.82) is 0 Å². The van der Waals surface area contributed by atoms with Crippen LogP contribution in [0.15, 0.2) is 36.4 Å². The number of fused-ring (bicyclic) bond motifs is 1. The molecule has 1 heterocycles. The molecule has 2 nitrogen and oxygen atoms in total. The maximum absolute atomic E-state index is 13.6.